The second kappa shape index (κ2) is 12.3. The van der Waals surface area contributed by atoms with Crippen molar-refractivity contribution in [2.24, 2.45) is 0 Å². The van der Waals surface area contributed by atoms with Gasteiger partial charge in [0.15, 0.2) is 0 Å². The Labute approximate surface area is 343 Å². The molecule has 0 spiro atoms. The molecule has 8 aromatic carbocycles. The van der Waals surface area contributed by atoms with Gasteiger partial charge < -0.3 is 4.90 Å². The molecule has 0 fully saturated rings. The standard InChI is InChI=1S/C57H47N/c1-55(2)46-23-15-13-21-42(46)43-31-29-41(34-49(43)55)58(39-27-25-37(26-28-39)36-17-9-7-10-18-36)40-30-32-48-45(33-40)54-51(57(48,5)6)35-50-53(52(54)38-19-11-8-12-20-38)44-22-14-16-24-47(44)56(50,3)4/h7-35H,1-6H3. The average Bonchev–Trinajstić information content (AvgIpc) is 3.73. The van der Waals surface area contributed by atoms with E-state index in [1.807, 2.05) is 0 Å². The monoisotopic (exact) mass is 745 g/mol. The zero-order valence-electron chi connectivity index (χ0n) is 34.2. The van der Waals surface area contributed by atoms with Crippen molar-refractivity contribution in [3.8, 4) is 55.6 Å². The Morgan fingerprint density at radius 2 is 0.724 bits per heavy atom. The van der Waals surface area contributed by atoms with Crippen molar-refractivity contribution in [2.45, 2.75) is 57.8 Å². The molecular formula is C57H47N. The van der Waals surface area contributed by atoms with Crippen LogP contribution in [0.15, 0.2) is 176 Å². The number of fused-ring (bicyclic) bond motifs is 9. The summed E-state index contributed by atoms with van der Waals surface area (Å²) in [6.45, 7) is 14.4. The fraction of sp³-hybridized carbons (Fsp3) is 0.158. The average molecular weight is 746 g/mol. The van der Waals surface area contributed by atoms with Crippen LogP contribution in [0, 0.1) is 0 Å². The number of nitrogens with zero attached hydrogens (tertiary/aromatic N) is 1. The topological polar surface area (TPSA) is 3.24 Å². The number of anilines is 3. The highest BCUT2D eigenvalue weighted by molar-refractivity contribution is 6.05. The van der Waals surface area contributed by atoms with Crippen molar-refractivity contribution in [1.29, 1.82) is 0 Å². The van der Waals surface area contributed by atoms with Crippen LogP contribution < -0.4 is 4.90 Å². The molecule has 3 aliphatic rings. The molecule has 0 saturated carbocycles. The second-order valence-electron chi connectivity index (χ2n) is 18.1. The van der Waals surface area contributed by atoms with Gasteiger partial charge in [-0.15, -0.1) is 0 Å². The summed E-state index contributed by atoms with van der Waals surface area (Å²) in [6.07, 6.45) is 0. The van der Waals surface area contributed by atoms with E-state index in [-0.39, 0.29) is 16.2 Å². The molecule has 1 heteroatoms. The van der Waals surface area contributed by atoms with Gasteiger partial charge >= 0.3 is 0 Å². The van der Waals surface area contributed by atoms with E-state index in [0.29, 0.717) is 0 Å². The van der Waals surface area contributed by atoms with Gasteiger partial charge in [-0.3, -0.25) is 0 Å². The first-order valence-corrected chi connectivity index (χ1v) is 20.8. The maximum absolute atomic E-state index is 2.57. The molecule has 280 valence electrons. The largest absolute Gasteiger partial charge is 0.310 e. The van der Waals surface area contributed by atoms with Gasteiger partial charge in [0, 0.05) is 33.3 Å². The maximum Gasteiger partial charge on any atom is 0.0468 e. The molecule has 0 heterocycles. The summed E-state index contributed by atoms with van der Waals surface area (Å²) in [7, 11) is 0. The first-order chi connectivity index (χ1) is 28.0. The van der Waals surface area contributed by atoms with E-state index in [9.17, 15) is 0 Å². The van der Waals surface area contributed by atoms with E-state index in [0.717, 1.165) is 17.1 Å². The lowest BCUT2D eigenvalue weighted by atomic mass is 9.76. The molecule has 0 N–H and O–H groups in total. The minimum atomic E-state index is -0.182. The molecule has 8 aromatic rings. The summed E-state index contributed by atoms with van der Waals surface area (Å²) in [5.74, 6) is 0. The molecule has 0 radical (unpaired) electrons. The normalized spacial score (nSPS) is 15.5. The van der Waals surface area contributed by atoms with Crippen molar-refractivity contribution in [3.63, 3.8) is 0 Å². The van der Waals surface area contributed by atoms with E-state index in [1.165, 1.54) is 89.0 Å². The van der Waals surface area contributed by atoms with Crippen molar-refractivity contribution in [2.75, 3.05) is 4.90 Å². The molecule has 0 unspecified atom stereocenters. The van der Waals surface area contributed by atoms with Crippen LogP contribution in [0.5, 0.6) is 0 Å². The summed E-state index contributed by atoms with van der Waals surface area (Å²) >= 11 is 0. The van der Waals surface area contributed by atoms with E-state index in [1.54, 1.807) is 0 Å². The molecule has 58 heavy (non-hydrogen) atoms. The van der Waals surface area contributed by atoms with Crippen LogP contribution in [0.3, 0.4) is 0 Å². The highest BCUT2D eigenvalue weighted by atomic mass is 15.1. The Kier molecular flexibility index (Phi) is 7.36. The smallest absolute Gasteiger partial charge is 0.0468 e. The van der Waals surface area contributed by atoms with Gasteiger partial charge in [-0.25, -0.2) is 0 Å². The Morgan fingerprint density at radius 1 is 0.276 bits per heavy atom. The van der Waals surface area contributed by atoms with Gasteiger partial charge in [0.2, 0.25) is 0 Å². The lowest BCUT2D eigenvalue weighted by Crippen LogP contribution is -2.19. The Bertz CT molecular complexity index is 2950. The molecule has 11 rings (SSSR count). The van der Waals surface area contributed by atoms with Gasteiger partial charge in [-0.2, -0.15) is 0 Å². The molecule has 3 aliphatic carbocycles. The zero-order valence-corrected chi connectivity index (χ0v) is 34.2. The summed E-state index contributed by atoms with van der Waals surface area (Å²) in [5, 5.41) is 0. The molecule has 1 nitrogen and oxygen atoms in total. The third-order valence-electron chi connectivity index (χ3n) is 13.9. The molecule has 0 atom stereocenters. The Morgan fingerprint density at radius 3 is 1.40 bits per heavy atom. The Hall–Kier alpha value is -6.44. The van der Waals surface area contributed by atoms with Crippen LogP contribution in [0.4, 0.5) is 17.1 Å². The van der Waals surface area contributed by atoms with Crippen LogP contribution >= 0.6 is 0 Å². The van der Waals surface area contributed by atoms with Crippen molar-refractivity contribution >= 4 is 17.1 Å². The lowest BCUT2D eigenvalue weighted by Gasteiger charge is -2.29. The van der Waals surface area contributed by atoms with E-state index in [4.69, 9.17) is 0 Å². The number of hydrogen-bond acceptors (Lipinski definition) is 1. The summed E-state index contributed by atoms with van der Waals surface area (Å²) in [4.78, 5) is 2.48. The SMILES string of the molecule is CC1(C)c2ccccc2-c2ccc(N(c3ccc(-c4ccccc4)cc3)c3ccc4c(c3)-c3c(cc5c(c3-c3ccccc3)-c3ccccc3C5(C)C)C4(C)C)cc21. The predicted molar refractivity (Wildman–Crippen MR) is 245 cm³/mol. The Balaban J connectivity index is 1.15. The minimum Gasteiger partial charge on any atom is -0.310 e. The van der Waals surface area contributed by atoms with Crippen molar-refractivity contribution in [1.82, 2.24) is 0 Å². The minimum absolute atomic E-state index is 0.107. The van der Waals surface area contributed by atoms with E-state index >= 15 is 0 Å². The number of rotatable bonds is 5. The van der Waals surface area contributed by atoms with Crippen LogP contribution in [0.25, 0.3) is 55.6 Å². The summed E-state index contributed by atoms with van der Waals surface area (Å²) in [6, 6.07) is 65.9. The fourth-order valence-electron chi connectivity index (χ4n) is 10.8. The predicted octanol–water partition coefficient (Wildman–Crippen LogP) is 15.4. The van der Waals surface area contributed by atoms with E-state index < -0.39 is 0 Å². The van der Waals surface area contributed by atoms with Gasteiger partial charge in [0.05, 0.1) is 0 Å². The summed E-state index contributed by atoms with van der Waals surface area (Å²) in [5.41, 5.74) is 24.6. The lowest BCUT2D eigenvalue weighted by molar-refractivity contribution is 0.639. The third-order valence-corrected chi connectivity index (χ3v) is 13.9. The van der Waals surface area contributed by atoms with Gasteiger partial charge in [0.1, 0.15) is 0 Å². The second-order valence-corrected chi connectivity index (χ2v) is 18.1. The van der Waals surface area contributed by atoms with Gasteiger partial charge in [-0.05, 0) is 125 Å². The number of benzene rings is 8. The molecule has 0 aliphatic heterocycles. The molecule has 0 aromatic heterocycles. The number of hydrogen-bond donors (Lipinski definition) is 0. The first kappa shape index (κ1) is 34.8. The zero-order chi connectivity index (χ0) is 39.6. The fourth-order valence-corrected chi connectivity index (χ4v) is 10.8. The highest BCUT2D eigenvalue weighted by Crippen LogP contribution is 2.61. The molecule has 0 amide bonds. The van der Waals surface area contributed by atoms with Crippen molar-refractivity contribution < 1.29 is 0 Å². The van der Waals surface area contributed by atoms with Crippen LogP contribution in [-0.4, -0.2) is 0 Å². The van der Waals surface area contributed by atoms with Crippen LogP contribution in [0.2, 0.25) is 0 Å². The van der Waals surface area contributed by atoms with Gasteiger partial charge in [-0.1, -0.05) is 181 Å². The van der Waals surface area contributed by atoms with E-state index in [2.05, 4.69) is 222 Å². The maximum atomic E-state index is 2.57. The van der Waals surface area contributed by atoms with Crippen LogP contribution in [-0.2, 0) is 16.2 Å². The third kappa shape index (κ3) is 4.83. The molecule has 0 saturated heterocycles. The molecular weight excluding hydrogens is 699 g/mol. The molecule has 0 bridgehead atoms. The van der Waals surface area contributed by atoms with Gasteiger partial charge in [0.25, 0.3) is 0 Å². The van der Waals surface area contributed by atoms with Crippen LogP contribution in [0.1, 0.15) is 74.9 Å². The first-order valence-electron chi connectivity index (χ1n) is 20.8. The quantitative estimate of drug-likeness (QED) is 0.170. The highest BCUT2D eigenvalue weighted by Gasteiger charge is 2.44. The van der Waals surface area contributed by atoms with Crippen molar-refractivity contribution in [3.05, 3.63) is 209 Å². The summed E-state index contributed by atoms with van der Waals surface area (Å²) < 4.78 is 0.